The number of likely N-dealkylation sites (tertiary alicyclic amines) is 1. The second kappa shape index (κ2) is 5.33. The van der Waals surface area contributed by atoms with E-state index >= 15 is 0 Å². The number of hydrogen-bond acceptors (Lipinski definition) is 4. The van der Waals surface area contributed by atoms with Crippen molar-refractivity contribution in [3.63, 3.8) is 0 Å². The predicted octanol–water partition coefficient (Wildman–Crippen LogP) is 1.85. The number of hydrogen-bond donors (Lipinski definition) is 1. The summed E-state index contributed by atoms with van der Waals surface area (Å²) in [7, 11) is 0. The van der Waals surface area contributed by atoms with E-state index in [1.54, 1.807) is 0 Å². The van der Waals surface area contributed by atoms with Crippen LogP contribution in [0.3, 0.4) is 0 Å². The summed E-state index contributed by atoms with van der Waals surface area (Å²) < 4.78 is 1.84. The third kappa shape index (κ3) is 2.89. The molecule has 1 aromatic rings. The molecule has 1 aromatic heterocycles. The first-order valence-electron chi connectivity index (χ1n) is 8.23. The first-order chi connectivity index (χ1) is 10.3. The van der Waals surface area contributed by atoms with Gasteiger partial charge >= 0.3 is 0 Å². The van der Waals surface area contributed by atoms with Crippen molar-refractivity contribution in [1.82, 2.24) is 25.2 Å². The molecular formula is C16H27N5O. The molecule has 3 rings (SSSR count). The van der Waals surface area contributed by atoms with Gasteiger partial charge in [-0.1, -0.05) is 19.1 Å². The van der Waals surface area contributed by atoms with Gasteiger partial charge in [0.15, 0.2) is 5.69 Å². The highest BCUT2D eigenvalue weighted by Gasteiger charge is 2.41. The van der Waals surface area contributed by atoms with Gasteiger partial charge in [-0.3, -0.25) is 4.79 Å². The van der Waals surface area contributed by atoms with E-state index in [1.807, 2.05) is 15.8 Å². The summed E-state index contributed by atoms with van der Waals surface area (Å²) in [5.41, 5.74) is 0.514. The van der Waals surface area contributed by atoms with Crippen molar-refractivity contribution in [2.75, 3.05) is 19.6 Å². The molecule has 0 radical (unpaired) electrons. The molecule has 0 bridgehead atoms. The zero-order valence-corrected chi connectivity index (χ0v) is 14.1. The third-order valence-electron chi connectivity index (χ3n) is 5.11. The maximum absolute atomic E-state index is 12.9. The summed E-state index contributed by atoms with van der Waals surface area (Å²) in [4.78, 5) is 14.9. The molecule has 6 heteroatoms. The minimum absolute atomic E-state index is 0.00924. The van der Waals surface area contributed by atoms with Crippen molar-refractivity contribution >= 4 is 5.91 Å². The molecule has 1 unspecified atom stereocenters. The van der Waals surface area contributed by atoms with Crippen LogP contribution in [0.15, 0.2) is 6.20 Å². The van der Waals surface area contributed by atoms with Crippen molar-refractivity contribution in [2.45, 2.75) is 58.5 Å². The minimum Gasteiger partial charge on any atom is -0.332 e. The van der Waals surface area contributed by atoms with Crippen LogP contribution in [0.1, 0.15) is 63.5 Å². The van der Waals surface area contributed by atoms with E-state index in [0.29, 0.717) is 11.7 Å². The lowest BCUT2D eigenvalue weighted by atomic mass is 9.76. The topological polar surface area (TPSA) is 63.1 Å². The van der Waals surface area contributed by atoms with Crippen molar-refractivity contribution in [3.05, 3.63) is 11.9 Å². The van der Waals surface area contributed by atoms with Gasteiger partial charge < -0.3 is 10.2 Å². The standard InChI is InChI=1S/C16H27N5O/c1-15(2)6-7-16(3,4)20(11-15)14(22)13-10-21(19-18-13)12-5-8-17-9-12/h10,12,17H,5-9,11H2,1-4H3. The van der Waals surface area contributed by atoms with E-state index in [1.165, 1.54) is 0 Å². The Labute approximate surface area is 132 Å². The first kappa shape index (κ1) is 15.5. The minimum atomic E-state index is -0.120. The number of rotatable bonds is 2. The van der Waals surface area contributed by atoms with Gasteiger partial charge in [0.1, 0.15) is 0 Å². The van der Waals surface area contributed by atoms with E-state index in [9.17, 15) is 4.79 Å². The SMILES string of the molecule is CC1(C)CCC(C)(C)N(C(=O)c2cn(C3CCNC3)nn2)C1. The van der Waals surface area contributed by atoms with Gasteiger partial charge in [-0.15, -0.1) is 5.10 Å². The Morgan fingerprint density at radius 1 is 1.32 bits per heavy atom. The highest BCUT2D eigenvalue weighted by Crippen LogP contribution is 2.38. The first-order valence-corrected chi connectivity index (χ1v) is 8.23. The Balaban J connectivity index is 1.80. The molecule has 2 saturated heterocycles. The van der Waals surface area contributed by atoms with Crippen molar-refractivity contribution in [3.8, 4) is 0 Å². The van der Waals surface area contributed by atoms with E-state index in [0.717, 1.165) is 38.9 Å². The number of aromatic nitrogens is 3. The number of amides is 1. The van der Waals surface area contributed by atoms with Gasteiger partial charge in [0.25, 0.3) is 5.91 Å². The second-order valence-corrected chi connectivity index (χ2v) is 8.10. The molecule has 0 aliphatic carbocycles. The van der Waals surface area contributed by atoms with Crippen molar-refractivity contribution < 1.29 is 4.79 Å². The predicted molar refractivity (Wildman–Crippen MR) is 84.7 cm³/mol. The molecule has 0 spiro atoms. The molecule has 2 fully saturated rings. The lowest BCUT2D eigenvalue weighted by Crippen LogP contribution is -2.55. The van der Waals surface area contributed by atoms with Crippen molar-refractivity contribution in [1.29, 1.82) is 0 Å². The number of nitrogens with one attached hydrogen (secondary N) is 1. The van der Waals surface area contributed by atoms with Gasteiger partial charge in [0.2, 0.25) is 0 Å². The summed E-state index contributed by atoms with van der Waals surface area (Å²) in [5.74, 6) is 0.00924. The molecule has 1 N–H and O–H groups in total. The van der Waals surface area contributed by atoms with Crippen LogP contribution in [0.2, 0.25) is 0 Å². The summed E-state index contributed by atoms with van der Waals surface area (Å²) in [5, 5.41) is 11.6. The third-order valence-corrected chi connectivity index (χ3v) is 5.11. The van der Waals surface area contributed by atoms with Crippen LogP contribution in [0.5, 0.6) is 0 Å². The number of piperidine rings is 1. The largest absolute Gasteiger partial charge is 0.332 e. The molecule has 22 heavy (non-hydrogen) atoms. The fraction of sp³-hybridized carbons (Fsp3) is 0.812. The number of carbonyl (C=O) groups excluding carboxylic acids is 1. The Kier molecular flexibility index (Phi) is 3.75. The van der Waals surface area contributed by atoms with Crippen LogP contribution < -0.4 is 5.32 Å². The number of carbonyl (C=O) groups is 1. The van der Waals surface area contributed by atoms with E-state index < -0.39 is 0 Å². The van der Waals surface area contributed by atoms with Crippen LogP contribution in [0.25, 0.3) is 0 Å². The zero-order valence-electron chi connectivity index (χ0n) is 14.1. The molecule has 3 heterocycles. The van der Waals surface area contributed by atoms with E-state index in [-0.39, 0.29) is 16.9 Å². The van der Waals surface area contributed by atoms with Crippen LogP contribution >= 0.6 is 0 Å². The summed E-state index contributed by atoms with van der Waals surface area (Å²) in [6.45, 7) is 11.4. The van der Waals surface area contributed by atoms with Crippen LogP contribution in [-0.2, 0) is 0 Å². The monoisotopic (exact) mass is 305 g/mol. The normalized spacial score (nSPS) is 27.1. The molecule has 2 aliphatic rings. The molecule has 1 atom stereocenters. The van der Waals surface area contributed by atoms with Crippen LogP contribution in [-0.4, -0.2) is 51.0 Å². The molecular weight excluding hydrogens is 278 g/mol. The van der Waals surface area contributed by atoms with Gasteiger partial charge in [0, 0.05) is 18.6 Å². The second-order valence-electron chi connectivity index (χ2n) is 8.10. The Hall–Kier alpha value is -1.43. The summed E-state index contributed by atoms with van der Waals surface area (Å²) in [6.07, 6.45) is 5.02. The van der Waals surface area contributed by atoms with Crippen LogP contribution in [0, 0.1) is 5.41 Å². The van der Waals surface area contributed by atoms with Gasteiger partial charge in [0.05, 0.1) is 12.2 Å². The highest BCUT2D eigenvalue weighted by atomic mass is 16.2. The highest BCUT2D eigenvalue weighted by molar-refractivity contribution is 5.92. The molecule has 2 aliphatic heterocycles. The lowest BCUT2D eigenvalue weighted by Gasteiger charge is -2.48. The summed E-state index contributed by atoms with van der Waals surface area (Å²) in [6, 6.07) is 0.319. The van der Waals surface area contributed by atoms with Gasteiger partial charge in [-0.05, 0) is 45.1 Å². The molecule has 1 amide bonds. The Morgan fingerprint density at radius 2 is 2.09 bits per heavy atom. The fourth-order valence-corrected chi connectivity index (χ4v) is 3.40. The van der Waals surface area contributed by atoms with Gasteiger partial charge in [-0.25, -0.2) is 4.68 Å². The average Bonchev–Trinajstić information content (AvgIpc) is 3.11. The van der Waals surface area contributed by atoms with Crippen molar-refractivity contribution in [2.24, 2.45) is 5.41 Å². The van der Waals surface area contributed by atoms with Crippen LogP contribution in [0.4, 0.5) is 0 Å². The Morgan fingerprint density at radius 3 is 2.77 bits per heavy atom. The van der Waals surface area contributed by atoms with E-state index in [2.05, 4.69) is 43.3 Å². The lowest BCUT2D eigenvalue weighted by molar-refractivity contribution is 0.0120. The molecule has 0 aromatic carbocycles. The maximum Gasteiger partial charge on any atom is 0.276 e. The molecule has 6 nitrogen and oxygen atoms in total. The quantitative estimate of drug-likeness (QED) is 0.906. The average molecular weight is 305 g/mol. The van der Waals surface area contributed by atoms with E-state index in [4.69, 9.17) is 0 Å². The van der Waals surface area contributed by atoms with Gasteiger partial charge in [-0.2, -0.15) is 0 Å². The smallest absolute Gasteiger partial charge is 0.276 e. The summed E-state index contributed by atoms with van der Waals surface area (Å²) >= 11 is 0. The number of nitrogens with zero attached hydrogens (tertiary/aromatic N) is 4. The zero-order chi connectivity index (χ0) is 16.0. The maximum atomic E-state index is 12.9. The Bertz CT molecular complexity index is 557. The fourth-order valence-electron chi connectivity index (χ4n) is 3.40. The molecule has 122 valence electrons. The molecule has 0 saturated carbocycles.